The van der Waals surface area contributed by atoms with Crippen LogP contribution in [0.1, 0.15) is 0 Å². The molecule has 8 heteroatoms. The van der Waals surface area contributed by atoms with E-state index in [-0.39, 0.29) is 17.5 Å². The fourth-order valence-corrected chi connectivity index (χ4v) is 2.72. The van der Waals surface area contributed by atoms with Crippen LogP contribution in [0.4, 0.5) is 18.3 Å². The number of carbonyl (C=O) groups is 1. The van der Waals surface area contributed by atoms with Gasteiger partial charge in [0.2, 0.25) is 0 Å². The smallest absolute Gasteiger partial charge is 0.264 e. The lowest BCUT2D eigenvalue weighted by Crippen LogP contribution is -2.20. The first-order valence-corrected chi connectivity index (χ1v) is 7.98. The van der Waals surface area contributed by atoms with E-state index < -0.39 is 23.4 Å². The Morgan fingerprint density at radius 3 is 2.72 bits per heavy atom. The van der Waals surface area contributed by atoms with Crippen LogP contribution in [0.2, 0.25) is 0 Å². The second-order valence-corrected chi connectivity index (χ2v) is 5.82. The molecule has 3 aromatic rings. The number of aromatic nitrogens is 1. The third kappa shape index (κ3) is 4.36. The van der Waals surface area contributed by atoms with Crippen molar-refractivity contribution >= 4 is 22.4 Å². The summed E-state index contributed by atoms with van der Waals surface area (Å²) in [6.07, 6.45) is 0. The number of nitrogens with zero attached hydrogens (tertiary/aromatic N) is 1. The van der Waals surface area contributed by atoms with Gasteiger partial charge in [-0.15, -0.1) is 11.3 Å². The predicted octanol–water partition coefficient (Wildman–Crippen LogP) is 4.24. The van der Waals surface area contributed by atoms with Gasteiger partial charge in [0.25, 0.3) is 5.91 Å². The number of ether oxygens (including phenoxy) is 1. The molecule has 0 aliphatic heterocycles. The summed E-state index contributed by atoms with van der Waals surface area (Å²) in [5.74, 6) is -2.62. The number of carbonyl (C=O) groups excluding carboxylic acids is 1. The summed E-state index contributed by atoms with van der Waals surface area (Å²) < 4.78 is 44.4. The molecule has 2 aromatic carbocycles. The van der Waals surface area contributed by atoms with E-state index in [1.807, 2.05) is 0 Å². The fraction of sp³-hybridized carbons (Fsp3) is 0.0588. The van der Waals surface area contributed by atoms with Crippen LogP contribution in [-0.4, -0.2) is 17.5 Å². The van der Waals surface area contributed by atoms with Crippen molar-refractivity contribution in [3.8, 4) is 17.0 Å². The summed E-state index contributed by atoms with van der Waals surface area (Å²) in [4.78, 5) is 16.0. The normalized spacial score (nSPS) is 10.5. The van der Waals surface area contributed by atoms with E-state index >= 15 is 0 Å². The number of rotatable bonds is 5. The van der Waals surface area contributed by atoms with E-state index in [1.54, 1.807) is 5.38 Å². The number of amides is 1. The second kappa shape index (κ2) is 7.35. The zero-order chi connectivity index (χ0) is 17.8. The van der Waals surface area contributed by atoms with Crippen molar-refractivity contribution in [1.29, 1.82) is 0 Å². The van der Waals surface area contributed by atoms with Gasteiger partial charge in [-0.1, -0.05) is 6.07 Å². The number of hydrogen-bond donors (Lipinski definition) is 1. The highest BCUT2D eigenvalue weighted by molar-refractivity contribution is 7.14. The van der Waals surface area contributed by atoms with Crippen LogP contribution in [0.5, 0.6) is 5.75 Å². The second-order valence-electron chi connectivity index (χ2n) is 4.96. The first kappa shape index (κ1) is 17.0. The molecule has 4 nitrogen and oxygen atoms in total. The summed E-state index contributed by atoms with van der Waals surface area (Å²) in [5.41, 5.74) is 0.803. The molecular weight excluding hydrogens is 353 g/mol. The number of nitrogens with one attached hydrogen (secondary N) is 1. The maximum Gasteiger partial charge on any atom is 0.264 e. The Hall–Kier alpha value is -2.87. The fourth-order valence-electron chi connectivity index (χ4n) is 1.98. The Balaban J connectivity index is 1.60. The Morgan fingerprint density at radius 1 is 1.12 bits per heavy atom. The molecule has 0 unspecified atom stereocenters. The van der Waals surface area contributed by atoms with Gasteiger partial charge in [0.05, 0.1) is 5.69 Å². The number of benzene rings is 2. The van der Waals surface area contributed by atoms with Crippen LogP contribution in [0, 0.1) is 17.5 Å². The molecule has 0 saturated carbocycles. The van der Waals surface area contributed by atoms with Gasteiger partial charge in [-0.3, -0.25) is 10.1 Å². The highest BCUT2D eigenvalue weighted by Gasteiger charge is 2.11. The molecule has 0 aliphatic carbocycles. The van der Waals surface area contributed by atoms with Gasteiger partial charge in [-0.2, -0.15) is 0 Å². The van der Waals surface area contributed by atoms with Crippen molar-refractivity contribution in [2.75, 3.05) is 11.9 Å². The number of anilines is 1. The highest BCUT2D eigenvalue weighted by Crippen LogP contribution is 2.26. The van der Waals surface area contributed by atoms with Crippen molar-refractivity contribution in [3.63, 3.8) is 0 Å². The van der Waals surface area contributed by atoms with Gasteiger partial charge in [0.15, 0.2) is 23.4 Å². The lowest BCUT2D eigenvalue weighted by molar-refractivity contribution is -0.118. The SMILES string of the molecule is O=C(COc1cccc(F)c1)Nc1nc(-c2ccc(F)c(F)c2)cs1. The zero-order valence-electron chi connectivity index (χ0n) is 12.6. The molecule has 1 heterocycles. The van der Waals surface area contributed by atoms with E-state index in [0.717, 1.165) is 29.5 Å². The maximum atomic E-state index is 13.3. The molecule has 1 N–H and O–H groups in total. The summed E-state index contributed by atoms with van der Waals surface area (Å²) >= 11 is 1.13. The van der Waals surface area contributed by atoms with Gasteiger partial charge in [-0.25, -0.2) is 18.2 Å². The van der Waals surface area contributed by atoms with Gasteiger partial charge in [0.1, 0.15) is 11.6 Å². The minimum atomic E-state index is -0.973. The van der Waals surface area contributed by atoms with Crippen LogP contribution in [0.15, 0.2) is 47.8 Å². The van der Waals surface area contributed by atoms with Crippen LogP contribution in [-0.2, 0) is 4.79 Å². The van der Waals surface area contributed by atoms with Crippen molar-refractivity contribution in [2.45, 2.75) is 0 Å². The molecule has 0 aliphatic rings. The predicted molar refractivity (Wildman–Crippen MR) is 88.0 cm³/mol. The molecule has 128 valence electrons. The molecule has 0 radical (unpaired) electrons. The van der Waals surface area contributed by atoms with E-state index in [2.05, 4.69) is 10.3 Å². The quantitative estimate of drug-likeness (QED) is 0.737. The average molecular weight is 364 g/mol. The summed E-state index contributed by atoms with van der Waals surface area (Å²) in [5, 5.41) is 4.42. The van der Waals surface area contributed by atoms with Crippen molar-refractivity contribution in [1.82, 2.24) is 4.98 Å². The molecule has 0 spiro atoms. The van der Waals surface area contributed by atoms with Crippen molar-refractivity contribution in [3.05, 3.63) is 65.3 Å². The molecule has 25 heavy (non-hydrogen) atoms. The van der Waals surface area contributed by atoms with E-state index in [4.69, 9.17) is 4.74 Å². The monoisotopic (exact) mass is 364 g/mol. The van der Waals surface area contributed by atoms with Crippen molar-refractivity contribution < 1.29 is 22.7 Å². The highest BCUT2D eigenvalue weighted by atomic mass is 32.1. The number of hydrogen-bond acceptors (Lipinski definition) is 4. The molecule has 0 saturated heterocycles. The minimum absolute atomic E-state index is 0.233. The molecular formula is C17H11F3N2O2S. The summed E-state index contributed by atoms with van der Waals surface area (Å²) in [6.45, 7) is -0.316. The van der Waals surface area contributed by atoms with E-state index in [1.165, 1.54) is 24.3 Å². The number of halogens is 3. The van der Waals surface area contributed by atoms with Crippen LogP contribution in [0.3, 0.4) is 0 Å². The Bertz CT molecular complexity index is 914. The molecule has 0 fully saturated rings. The molecule has 1 aromatic heterocycles. The van der Waals surface area contributed by atoms with Gasteiger partial charge in [-0.05, 0) is 30.3 Å². The third-order valence-corrected chi connectivity index (χ3v) is 3.89. The first-order chi connectivity index (χ1) is 12.0. The van der Waals surface area contributed by atoms with Crippen molar-refractivity contribution in [2.24, 2.45) is 0 Å². The summed E-state index contributed by atoms with van der Waals surface area (Å²) in [6, 6.07) is 8.86. The van der Waals surface area contributed by atoms with Crippen LogP contribution >= 0.6 is 11.3 Å². The maximum absolute atomic E-state index is 13.3. The molecule has 0 atom stereocenters. The molecule has 3 rings (SSSR count). The Kier molecular flexibility index (Phi) is 4.99. The molecule has 1 amide bonds. The van der Waals surface area contributed by atoms with Crippen LogP contribution < -0.4 is 10.1 Å². The largest absolute Gasteiger partial charge is 0.484 e. The van der Waals surface area contributed by atoms with E-state index in [0.29, 0.717) is 11.3 Å². The van der Waals surface area contributed by atoms with Gasteiger partial charge >= 0.3 is 0 Å². The lowest BCUT2D eigenvalue weighted by Gasteiger charge is -2.05. The van der Waals surface area contributed by atoms with Gasteiger partial charge in [0, 0.05) is 17.0 Å². The first-order valence-electron chi connectivity index (χ1n) is 7.10. The standard InChI is InChI=1S/C17H11F3N2O2S/c18-11-2-1-3-12(7-11)24-8-16(23)22-17-21-15(9-25-17)10-4-5-13(19)14(20)6-10/h1-7,9H,8H2,(H,21,22,23). The Morgan fingerprint density at radius 2 is 1.96 bits per heavy atom. The Labute approximate surface area is 144 Å². The average Bonchev–Trinajstić information content (AvgIpc) is 3.04. The summed E-state index contributed by atoms with van der Waals surface area (Å²) in [7, 11) is 0. The number of thiazole rings is 1. The minimum Gasteiger partial charge on any atom is -0.484 e. The van der Waals surface area contributed by atoms with Gasteiger partial charge < -0.3 is 4.74 Å². The molecule has 0 bridgehead atoms. The van der Waals surface area contributed by atoms with Crippen LogP contribution in [0.25, 0.3) is 11.3 Å². The zero-order valence-corrected chi connectivity index (χ0v) is 13.4. The third-order valence-electron chi connectivity index (χ3n) is 3.13. The topological polar surface area (TPSA) is 51.2 Å². The van der Waals surface area contributed by atoms with E-state index in [9.17, 15) is 18.0 Å². The lowest BCUT2D eigenvalue weighted by atomic mass is 10.2.